The van der Waals surface area contributed by atoms with Gasteiger partial charge in [0.2, 0.25) is 0 Å². The van der Waals surface area contributed by atoms with E-state index in [9.17, 15) is 29.4 Å². The molecule has 0 radical (unpaired) electrons. The van der Waals surface area contributed by atoms with Crippen molar-refractivity contribution in [1.82, 2.24) is 4.90 Å². The van der Waals surface area contributed by atoms with E-state index in [1.807, 2.05) is 0 Å². The molecule has 9 nitrogen and oxygen atoms in total. The summed E-state index contributed by atoms with van der Waals surface area (Å²) in [7, 11) is 0. The first-order valence-corrected chi connectivity index (χ1v) is 4.32. The monoisotopic (exact) mass is 293 g/mol. The average Bonchev–Trinajstić information content (AvgIpc) is 2.10. The van der Waals surface area contributed by atoms with Crippen molar-refractivity contribution in [3.8, 4) is 0 Å². The van der Waals surface area contributed by atoms with Crippen LogP contribution in [0.2, 0.25) is 0 Å². The van der Waals surface area contributed by atoms with Gasteiger partial charge in [-0.3, -0.25) is 14.5 Å². The third kappa shape index (κ3) is 11.4. The predicted molar refractivity (Wildman–Crippen MR) is 45.3 cm³/mol. The fraction of sp³-hybridized carbons (Fsp3) is 0.500. The Morgan fingerprint density at radius 2 is 1.32 bits per heavy atom. The minimum Gasteiger partial charge on any atom is -0.550 e. The molecule has 0 heterocycles. The Morgan fingerprint density at radius 1 is 0.947 bits per heavy atom. The van der Waals surface area contributed by atoms with Crippen molar-refractivity contribution < 1.29 is 98.7 Å². The summed E-state index contributed by atoms with van der Waals surface area (Å²) in [4.78, 5) is 42.1. The van der Waals surface area contributed by atoms with Gasteiger partial charge in [0.1, 0.15) is 0 Å². The molecule has 1 atom stereocenters. The topological polar surface area (TPSA) is 158 Å². The van der Waals surface area contributed by atoms with E-state index in [1.54, 1.807) is 0 Å². The van der Waals surface area contributed by atoms with Gasteiger partial charge in [-0.2, -0.15) is 0 Å². The zero-order valence-electron chi connectivity index (χ0n) is 10.5. The van der Waals surface area contributed by atoms with Gasteiger partial charge in [-0.05, 0) is 0 Å². The van der Waals surface area contributed by atoms with Gasteiger partial charge in [0.05, 0.1) is 25.1 Å². The molecule has 96 valence electrons. The van der Waals surface area contributed by atoms with E-state index < -0.39 is 49.4 Å². The molecular formula is C8H9NNa2O8. The number of carbonyl (C=O) groups excluding carboxylic acids is 2. The van der Waals surface area contributed by atoms with Crippen molar-refractivity contribution in [2.45, 2.75) is 12.5 Å². The fourth-order valence-corrected chi connectivity index (χ4v) is 1.14. The van der Waals surface area contributed by atoms with Crippen molar-refractivity contribution in [3.05, 3.63) is 0 Å². The first-order chi connectivity index (χ1) is 7.73. The zero-order chi connectivity index (χ0) is 13.6. The Balaban J connectivity index is -0.00000128. The summed E-state index contributed by atoms with van der Waals surface area (Å²) in [6.45, 7) is -1.86. The number of carbonyl (C=O) groups is 4. The van der Waals surface area contributed by atoms with Crippen molar-refractivity contribution in [2.75, 3.05) is 13.1 Å². The quantitative estimate of drug-likeness (QED) is 0.414. The SMILES string of the molecule is O=C([O-])C[C@@H](C(=O)[O-])N(CC(=O)O)CC(=O)O.[Na+].[Na+]. The molecule has 2 N–H and O–H groups in total. The van der Waals surface area contributed by atoms with Crippen molar-refractivity contribution in [1.29, 1.82) is 0 Å². The van der Waals surface area contributed by atoms with Gasteiger partial charge < -0.3 is 30.0 Å². The van der Waals surface area contributed by atoms with Gasteiger partial charge in [-0.15, -0.1) is 0 Å². The summed E-state index contributed by atoms with van der Waals surface area (Å²) < 4.78 is 0. The summed E-state index contributed by atoms with van der Waals surface area (Å²) >= 11 is 0. The maximum absolute atomic E-state index is 10.6. The van der Waals surface area contributed by atoms with E-state index in [0.29, 0.717) is 4.90 Å². The minimum atomic E-state index is -1.88. The van der Waals surface area contributed by atoms with Gasteiger partial charge in [0.15, 0.2) is 0 Å². The molecule has 0 aromatic rings. The molecule has 0 aliphatic rings. The zero-order valence-corrected chi connectivity index (χ0v) is 14.5. The van der Waals surface area contributed by atoms with Gasteiger partial charge in [0.25, 0.3) is 0 Å². The molecule has 0 aliphatic carbocycles. The molecule has 0 spiro atoms. The maximum Gasteiger partial charge on any atom is 1.00 e. The molecule has 0 saturated carbocycles. The number of aliphatic carboxylic acids is 4. The number of hydrogen-bond acceptors (Lipinski definition) is 7. The van der Waals surface area contributed by atoms with E-state index in [1.165, 1.54) is 0 Å². The van der Waals surface area contributed by atoms with Crippen LogP contribution in [0, 0.1) is 0 Å². The second-order valence-electron chi connectivity index (χ2n) is 3.10. The first-order valence-electron chi connectivity index (χ1n) is 4.32. The third-order valence-electron chi connectivity index (χ3n) is 1.75. The number of carboxylic acids is 4. The van der Waals surface area contributed by atoms with Crippen LogP contribution in [0.5, 0.6) is 0 Å². The second-order valence-corrected chi connectivity index (χ2v) is 3.10. The molecule has 0 amide bonds. The third-order valence-corrected chi connectivity index (χ3v) is 1.75. The van der Waals surface area contributed by atoms with Crippen LogP contribution >= 0.6 is 0 Å². The van der Waals surface area contributed by atoms with E-state index in [4.69, 9.17) is 10.2 Å². The molecule has 0 bridgehead atoms. The van der Waals surface area contributed by atoms with Gasteiger partial charge >= 0.3 is 71.1 Å². The van der Waals surface area contributed by atoms with Crippen LogP contribution in [0.1, 0.15) is 6.42 Å². The Kier molecular flexibility index (Phi) is 14.7. The van der Waals surface area contributed by atoms with Crippen LogP contribution in [0.4, 0.5) is 0 Å². The van der Waals surface area contributed by atoms with E-state index in [2.05, 4.69) is 0 Å². The van der Waals surface area contributed by atoms with Gasteiger partial charge in [-0.1, -0.05) is 0 Å². The molecule has 0 aromatic carbocycles. The van der Waals surface area contributed by atoms with Crippen LogP contribution < -0.4 is 69.3 Å². The van der Waals surface area contributed by atoms with E-state index in [0.717, 1.165) is 0 Å². The predicted octanol–water partition coefficient (Wildman–Crippen LogP) is -10.3. The second kappa shape index (κ2) is 11.6. The van der Waals surface area contributed by atoms with E-state index >= 15 is 0 Å². The van der Waals surface area contributed by atoms with E-state index in [-0.39, 0.29) is 59.1 Å². The minimum absolute atomic E-state index is 0. The first kappa shape index (κ1) is 23.9. The van der Waals surface area contributed by atoms with Crippen LogP contribution in [0.3, 0.4) is 0 Å². The maximum atomic E-state index is 10.6. The summed E-state index contributed by atoms with van der Waals surface area (Å²) in [6.07, 6.45) is -1.05. The Bertz CT molecular complexity index is 332. The number of hydrogen-bond donors (Lipinski definition) is 2. The summed E-state index contributed by atoms with van der Waals surface area (Å²) in [5.74, 6) is -6.61. The van der Waals surface area contributed by atoms with Gasteiger partial charge in [0, 0.05) is 12.4 Å². The number of rotatable bonds is 8. The largest absolute Gasteiger partial charge is 1.00 e. The normalized spacial score (nSPS) is 10.8. The van der Waals surface area contributed by atoms with Crippen LogP contribution in [0.25, 0.3) is 0 Å². The molecule has 0 aromatic heterocycles. The molecule has 0 rings (SSSR count). The number of nitrogens with zero attached hydrogens (tertiary/aromatic N) is 1. The Labute approximate surface area is 152 Å². The molecule has 19 heavy (non-hydrogen) atoms. The molecule has 11 heteroatoms. The molecule has 0 aliphatic heterocycles. The molecule has 0 saturated heterocycles. The molecule has 0 fully saturated rings. The Morgan fingerprint density at radius 3 is 1.53 bits per heavy atom. The summed E-state index contributed by atoms with van der Waals surface area (Å²) in [5, 5.41) is 37.8. The summed E-state index contributed by atoms with van der Waals surface area (Å²) in [6, 6.07) is -1.87. The van der Waals surface area contributed by atoms with Crippen molar-refractivity contribution in [3.63, 3.8) is 0 Å². The molecule has 0 unspecified atom stereocenters. The van der Waals surface area contributed by atoms with Gasteiger partial charge in [-0.25, -0.2) is 0 Å². The van der Waals surface area contributed by atoms with Crippen molar-refractivity contribution >= 4 is 23.9 Å². The van der Waals surface area contributed by atoms with Crippen LogP contribution in [-0.2, 0) is 19.2 Å². The average molecular weight is 293 g/mol. The molecular weight excluding hydrogens is 284 g/mol. The van der Waals surface area contributed by atoms with Crippen molar-refractivity contribution in [2.24, 2.45) is 0 Å². The Hall–Kier alpha value is -0.160. The van der Waals surface area contributed by atoms with Crippen LogP contribution in [0.15, 0.2) is 0 Å². The smallest absolute Gasteiger partial charge is 0.550 e. The van der Waals surface area contributed by atoms with Crippen LogP contribution in [-0.4, -0.2) is 58.1 Å². The number of carboxylic acid groups (broad SMARTS) is 4. The fourth-order valence-electron chi connectivity index (χ4n) is 1.14. The standard InChI is InChI=1S/C8H11NO8.2Na/c10-5(11)1-4(8(16)17)9(2-6(12)13)3-7(14)15;;/h4H,1-3H2,(H,10,11)(H,12,13)(H,14,15)(H,16,17);;/q;2*+1/p-2/t4-;;/m0../s1. The summed E-state index contributed by atoms with van der Waals surface area (Å²) in [5.41, 5.74) is 0.